The van der Waals surface area contributed by atoms with Gasteiger partial charge in [0, 0.05) is 24.3 Å². The van der Waals surface area contributed by atoms with Crippen molar-refractivity contribution in [2.24, 2.45) is 0 Å². The van der Waals surface area contributed by atoms with Crippen molar-refractivity contribution in [2.45, 2.75) is 6.42 Å². The molecular weight excluding hydrogens is 405 g/mol. The highest BCUT2D eigenvalue weighted by atomic mass is 35.5. The molecule has 0 saturated heterocycles. The van der Waals surface area contributed by atoms with Crippen molar-refractivity contribution < 1.29 is 23.8 Å². The predicted molar refractivity (Wildman–Crippen MR) is 107 cm³/mol. The van der Waals surface area contributed by atoms with Crippen LogP contribution in [0.25, 0.3) is 6.08 Å². The maximum absolute atomic E-state index is 12.0. The molecule has 2 aromatic rings. The normalized spacial score (nSPS) is 13.1. The lowest BCUT2D eigenvalue weighted by atomic mass is 10.2. The molecule has 0 fully saturated rings. The molecule has 1 aliphatic heterocycles. The zero-order valence-electron chi connectivity index (χ0n) is 14.7. The van der Waals surface area contributed by atoms with Crippen molar-refractivity contribution in [3.63, 3.8) is 0 Å². The highest BCUT2D eigenvalue weighted by Gasteiger charge is 2.12. The minimum Gasteiger partial charge on any atom is -0.490 e. The van der Waals surface area contributed by atoms with E-state index in [9.17, 15) is 9.59 Å². The standard InChI is InChI=1S/C20H17Cl2NO5/c21-15-4-1-3-13(20(15)22)5-8-19(25)28-12-18(24)23-14-6-7-16-17(11-14)27-10-2-9-26-16/h1,3-8,11H,2,9-10,12H2,(H,23,24)/b8-5+. The first-order chi connectivity index (χ1) is 13.5. The number of amides is 1. The summed E-state index contributed by atoms with van der Waals surface area (Å²) in [6.45, 7) is 0.703. The quantitative estimate of drug-likeness (QED) is 0.573. The van der Waals surface area contributed by atoms with Gasteiger partial charge in [-0.3, -0.25) is 4.79 Å². The predicted octanol–water partition coefficient (Wildman–Crippen LogP) is 4.35. The minimum absolute atomic E-state index is 0.334. The van der Waals surface area contributed by atoms with Crippen LogP contribution < -0.4 is 14.8 Å². The van der Waals surface area contributed by atoms with Crippen LogP contribution in [0.15, 0.2) is 42.5 Å². The van der Waals surface area contributed by atoms with Crippen LogP contribution in [-0.2, 0) is 14.3 Å². The summed E-state index contributed by atoms with van der Waals surface area (Å²) < 4.78 is 16.0. The number of benzene rings is 2. The van der Waals surface area contributed by atoms with Crippen molar-refractivity contribution >= 4 is 46.8 Å². The SMILES string of the molecule is O=C(COC(=O)/C=C/c1cccc(Cl)c1Cl)Nc1ccc2c(c1)OCCCO2. The molecule has 3 rings (SSSR count). The summed E-state index contributed by atoms with van der Waals surface area (Å²) in [5.74, 6) is 0.0438. The fraction of sp³-hybridized carbons (Fsp3) is 0.200. The second kappa shape index (κ2) is 9.48. The topological polar surface area (TPSA) is 73.9 Å². The molecule has 8 heteroatoms. The number of halogens is 2. The van der Waals surface area contributed by atoms with E-state index >= 15 is 0 Å². The molecule has 0 unspecified atom stereocenters. The average molecular weight is 422 g/mol. The monoisotopic (exact) mass is 421 g/mol. The van der Waals surface area contributed by atoms with Crippen molar-refractivity contribution in [2.75, 3.05) is 25.1 Å². The van der Waals surface area contributed by atoms with Gasteiger partial charge in [0.05, 0.1) is 23.3 Å². The van der Waals surface area contributed by atoms with E-state index in [1.807, 2.05) is 0 Å². The number of carbonyl (C=O) groups is 2. The molecule has 1 amide bonds. The summed E-state index contributed by atoms with van der Waals surface area (Å²) in [5, 5.41) is 3.36. The smallest absolute Gasteiger partial charge is 0.331 e. The van der Waals surface area contributed by atoms with Crippen LogP contribution in [0.3, 0.4) is 0 Å². The van der Waals surface area contributed by atoms with E-state index in [1.165, 1.54) is 12.2 Å². The maximum atomic E-state index is 12.0. The molecule has 28 heavy (non-hydrogen) atoms. The molecule has 0 saturated carbocycles. The highest BCUT2D eigenvalue weighted by molar-refractivity contribution is 6.42. The number of hydrogen-bond acceptors (Lipinski definition) is 5. The van der Waals surface area contributed by atoms with Crippen molar-refractivity contribution in [1.29, 1.82) is 0 Å². The molecule has 0 aromatic heterocycles. The van der Waals surface area contributed by atoms with Gasteiger partial charge in [0.25, 0.3) is 5.91 Å². The number of nitrogens with one attached hydrogen (secondary N) is 1. The molecule has 0 spiro atoms. The molecule has 0 radical (unpaired) electrons. The third-order valence-corrected chi connectivity index (χ3v) is 4.59. The van der Waals surface area contributed by atoms with E-state index in [0.29, 0.717) is 46.0 Å². The fourth-order valence-electron chi connectivity index (χ4n) is 2.43. The third-order valence-electron chi connectivity index (χ3n) is 3.76. The molecule has 0 bridgehead atoms. The van der Waals surface area contributed by atoms with Gasteiger partial charge in [-0.2, -0.15) is 0 Å². The van der Waals surface area contributed by atoms with Gasteiger partial charge in [0.2, 0.25) is 0 Å². The molecule has 0 aliphatic carbocycles. The number of esters is 1. The molecule has 2 aromatic carbocycles. The third kappa shape index (κ3) is 5.41. The first kappa shape index (κ1) is 20.0. The van der Waals surface area contributed by atoms with Crippen LogP contribution >= 0.6 is 23.2 Å². The van der Waals surface area contributed by atoms with Crippen molar-refractivity contribution in [1.82, 2.24) is 0 Å². The molecule has 0 atom stereocenters. The Morgan fingerprint density at radius 3 is 2.71 bits per heavy atom. The molecule has 146 valence electrons. The van der Waals surface area contributed by atoms with Crippen molar-refractivity contribution in [3.8, 4) is 11.5 Å². The van der Waals surface area contributed by atoms with E-state index in [2.05, 4.69) is 5.32 Å². The Hall–Kier alpha value is -2.70. The average Bonchev–Trinajstić information content (AvgIpc) is 2.92. The summed E-state index contributed by atoms with van der Waals surface area (Å²) in [7, 11) is 0. The number of rotatable bonds is 5. The summed E-state index contributed by atoms with van der Waals surface area (Å²) in [4.78, 5) is 23.8. The second-order valence-electron chi connectivity index (χ2n) is 5.84. The number of hydrogen-bond donors (Lipinski definition) is 1. The lowest BCUT2D eigenvalue weighted by Crippen LogP contribution is -2.20. The Labute approximate surface area is 172 Å². The molecule has 6 nitrogen and oxygen atoms in total. The van der Waals surface area contributed by atoms with Gasteiger partial charge in [0.15, 0.2) is 18.1 Å². The molecule has 1 aliphatic rings. The van der Waals surface area contributed by atoms with Gasteiger partial charge in [-0.25, -0.2) is 4.79 Å². The van der Waals surface area contributed by atoms with Crippen LogP contribution in [0.4, 0.5) is 5.69 Å². The Kier molecular flexibility index (Phi) is 6.79. The van der Waals surface area contributed by atoms with E-state index in [-0.39, 0.29) is 0 Å². The molecule has 1 heterocycles. The van der Waals surface area contributed by atoms with E-state index in [4.69, 9.17) is 37.4 Å². The van der Waals surface area contributed by atoms with Crippen LogP contribution in [-0.4, -0.2) is 31.7 Å². The maximum Gasteiger partial charge on any atom is 0.331 e. The zero-order valence-corrected chi connectivity index (χ0v) is 16.3. The Bertz CT molecular complexity index is 913. The first-order valence-electron chi connectivity index (χ1n) is 8.51. The Morgan fingerprint density at radius 1 is 1.11 bits per heavy atom. The summed E-state index contributed by atoms with van der Waals surface area (Å²) in [6.07, 6.45) is 3.44. The Morgan fingerprint density at radius 2 is 1.89 bits per heavy atom. The number of ether oxygens (including phenoxy) is 3. The van der Waals surface area contributed by atoms with Gasteiger partial charge in [0.1, 0.15) is 0 Å². The highest BCUT2D eigenvalue weighted by Crippen LogP contribution is 2.32. The van der Waals surface area contributed by atoms with Crippen LogP contribution in [0.2, 0.25) is 10.0 Å². The van der Waals surface area contributed by atoms with Crippen LogP contribution in [0, 0.1) is 0 Å². The van der Waals surface area contributed by atoms with E-state index in [0.717, 1.165) is 6.42 Å². The second-order valence-corrected chi connectivity index (χ2v) is 6.63. The number of fused-ring (bicyclic) bond motifs is 1. The van der Waals surface area contributed by atoms with E-state index in [1.54, 1.807) is 36.4 Å². The van der Waals surface area contributed by atoms with Gasteiger partial charge >= 0.3 is 5.97 Å². The lowest BCUT2D eigenvalue weighted by molar-refractivity contribution is -0.142. The molecular formula is C20H17Cl2NO5. The van der Waals surface area contributed by atoms with Gasteiger partial charge in [-0.05, 0) is 29.8 Å². The zero-order chi connectivity index (χ0) is 19.9. The van der Waals surface area contributed by atoms with E-state index < -0.39 is 18.5 Å². The fourth-order valence-corrected chi connectivity index (χ4v) is 2.80. The van der Waals surface area contributed by atoms with Crippen molar-refractivity contribution in [3.05, 3.63) is 58.1 Å². The summed E-state index contributed by atoms with van der Waals surface area (Å²) in [6, 6.07) is 10.1. The van der Waals surface area contributed by atoms with Gasteiger partial charge < -0.3 is 19.5 Å². The Balaban J connectivity index is 1.51. The van der Waals surface area contributed by atoms with Crippen LogP contribution in [0.1, 0.15) is 12.0 Å². The van der Waals surface area contributed by atoms with Crippen LogP contribution in [0.5, 0.6) is 11.5 Å². The minimum atomic E-state index is -0.676. The largest absolute Gasteiger partial charge is 0.490 e. The first-order valence-corrected chi connectivity index (χ1v) is 9.27. The summed E-state index contributed by atoms with van der Waals surface area (Å²) >= 11 is 11.9. The van der Waals surface area contributed by atoms with Gasteiger partial charge in [-0.15, -0.1) is 0 Å². The van der Waals surface area contributed by atoms with Gasteiger partial charge in [-0.1, -0.05) is 35.3 Å². The lowest BCUT2D eigenvalue weighted by Gasteiger charge is -2.10. The number of carbonyl (C=O) groups excluding carboxylic acids is 2. The summed E-state index contributed by atoms with van der Waals surface area (Å²) in [5.41, 5.74) is 1.09. The molecule has 1 N–H and O–H groups in total. The number of anilines is 1.